The number of amides is 1. The first-order chi connectivity index (χ1) is 23.4. The fourth-order valence-electron chi connectivity index (χ4n) is 7.03. The van der Waals surface area contributed by atoms with Gasteiger partial charge in [-0.05, 0) is 86.0 Å². The molecule has 11 nitrogen and oxygen atoms in total. The van der Waals surface area contributed by atoms with Gasteiger partial charge in [-0.1, -0.05) is 29.8 Å². The molecule has 3 saturated heterocycles. The molecule has 49 heavy (non-hydrogen) atoms. The van der Waals surface area contributed by atoms with E-state index in [0.29, 0.717) is 62.4 Å². The van der Waals surface area contributed by atoms with Crippen molar-refractivity contribution in [2.45, 2.75) is 50.4 Å². The number of hydrogen-bond acceptors (Lipinski definition) is 9. The molecule has 3 fully saturated rings. The summed E-state index contributed by atoms with van der Waals surface area (Å²) in [6, 6.07) is 11.1. The zero-order chi connectivity index (χ0) is 34.8. The van der Waals surface area contributed by atoms with Crippen LogP contribution in [0, 0.1) is 5.41 Å². The Morgan fingerprint density at radius 2 is 1.86 bits per heavy atom. The van der Waals surface area contributed by atoms with E-state index in [-0.39, 0.29) is 39.3 Å². The Kier molecular flexibility index (Phi) is 10.2. The van der Waals surface area contributed by atoms with Gasteiger partial charge in [0.25, 0.3) is 5.91 Å². The number of benzene rings is 2. The standard InChI is InChI=1S/C34H39ClF3N7O4/c35-23-6-7-24(25(17-23)21-4-3-5-22(16-21)30(46)40-10-15-44-11-1-2-12-44)29(34(36,37)38)49-28-18-27(42-32(39)43-28)45-13-8-33(9-14-45)19-26(31(47)48)41-20-33/h3-7,16-18,26,29,41H,1-2,8-15,19-20H2,(H,40,46)(H,47,48)(H2,39,42,43)/t26-,29?/m0/s1. The van der Waals surface area contributed by atoms with Crippen LogP contribution in [0.2, 0.25) is 5.02 Å². The van der Waals surface area contributed by atoms with E-state index in [1.54, 1.807) is 18.2 Å². The summed E-state index contributed by atoms with van der Waals surface area (Å²) >= 11 is 6.29. The molecular formula is C34H39ClF3N7O4. The van der Waals surface area contributed by atoms with Crippen LogP contribution in [0.1, 0.15) is 54.1 Å². The fraction of sp³-hybridized carbons (Fsp3) is 0.471. The van der Waals surface area contributed by atoms with Crippen molar-refractivity contribution in [1.29, 1.82) is 0 Å². The van der Waals surface area contributed by atoms with Gasteiger partial charge in [-0.25, -0.2) is 0 Å². The average molecular weight is 702 g/mol. The van der Waals surface area contributed by atoms with E-state index in [9.17, 15) is 27.9 Å². The third-order valence-electron chi connectivity index (χ3n) is 9.69. The quantitative estimate of drug-likeness (QED) is 0.230. The number of nitrogen functional groups attached to an aromatic ring is 1. The summed E-state index contributed by atoms with van der Waals surface area (Å²) in [7, 11) is 0. The van der Waals surface area contributed by atoms with Crippen LogP contribution in [0.15, 0.2) is 48.5 Å². The van der Waals surface area contributed by atoms with Crippen molar-refractivity contribution in [1.82, 2.24) is 25.5 Å². The van der Waals surface area contributed by atoms with Gasteiger partial charge in [0.2, 0.25) is 17.9 Å². The van der Waals surface area contributed by atoms with E-state index in [1.165, 1.54) is 30.3 Å². The molecule has 0 radical (unpaired) electrons. The maximum absolute atomic E-state index is 14.8. The summed E-state index contributed by atoms with van der Waals surface area (Å²) in [4.78, 5) is 36.9. The van der Waals surface area contributed by atoms with E-state index in [1.807, 2.05) is 4.90 Å². The molecular weight excluding hydrogens is 663 g/mol. The Bertz CT molecular complexity index is 1680. The normalized spacial score (nSPS) is 20.0. The number of carboxylic acid groups (broad SMARTS) is 1. The van der Waals surface area contributed by atoms with E-state index < -0.39 is 24.3 Å². The molecule has 5 N–H and O–H groups in total. The average Bonchev–Trinajstić information content (AvgIpc) is 3.74. The fourth-order valence-corrected chi connectivity index (χ4v) is 7.21. The number of hydrogen-bond donors (Lipinski definition) is 4. The maximum atomic E-state index is 14.8. The van der Waals surface area contributed by atoms with Gasteiger partial charge < -0.3 is 36.0 Å². The van der Waals surface area contributed by atoms with Crippen molar-refractivity contribution in [3.63, 3.8) is 0 Å². The molecule has 1 aromatic heterocycles. The Morgan fingerprint density at radius 1 is 1.10 bits per heavy atom. The molecule has 15 heteroatoms. The van der Waals surface area contributed by atoms with Crippen LogP contribution in [0.4, 0.5) is 24.9 Å². The topological polar surface area (TPSA) is 146 Å². The van der Waals surface area contributed by atoms with Gasteiger partial charge >= 0.3 is 12.1 Å². The highest BCUT2D eigenvalue weighted by Crippen LogP contribution is 2.43. The smallest absolute Gasteiger partial charge is 0.429 e. The molecule has 4 heterocycles. The first kappa shape index (κ1) is 34.7. The first-order valence-electron chi connectivity index (χ1n) is 16.4. The number of carboxylic acids is 1. The number of carbonyl (C=O) groups is 2. The number of ether oxygens (including phenoxy) is 1. The maximum Gasteiger partial charge on any atom is 0.429 e. The van der Waals surface area contributed by atoms with Gasteiger partial charge in [0.05, 0.1) is 0 Å². The minimum absolute atomic E-state index is 0.148. The van der Waals surface area contributed by atoms with Crippen molar-refractivity contribution in [2.75, 3.05) is 56.4 Å². The summed E-state index contributed by atoms with van der Waals surface area (Å²) in [6.45, 7) is 4.80. The summed E-state index contributed by atoms with van der Waals surface area (Å²) in [5.41, 5.74) is 6.39. The molecule has 3 aromatic rings. The van der Waals surface area contributed by atoms with Crippen LogP contribution >= 0.6 is 11.6 Å². The molecule has 2 atom stereocenters. The van der Waals surface area contributed by atoms with Crippen molar-refractivity contribution in [3.05, 3.63) is 64.7 Å². The number of aliphatic carboxylic acids is 1. The number of piperidine rings is 1. The number of anilines is 2. The second-order valence-electron chi connectivity index (χ2n) is 13.0. The van der Waals surface area contributed by atoms with Crippen LogP contribution in [-0.4, -0.2) is 89.9 Å². The molecule has 3 aliphatic rings. The van der Waals surface area contributed by atoms with Gasteiger partial charge in [0, 0.05) is 54.9 Å². The number of nitrogens with two attached hydrogens (primary N) is 1. The van der Waals surface area contributed by atoms with Crippen LogP contribution in [0.25, 0.3) is 11.1 Å². The molecule has 1 amide bonds. The van der Waals surface area contributed by atoms with Gasteiger partial charge in [-0.2, -0.15) is 23.1 Å². The van der Waals surface area contributed by atoms with Crippen molar-refractivity contribution < 1.29 is 32.6 Å². The Morgan fingerprint density at radius 3 is 2.55 bits per heavy atom. The number of likely N-dealkylation sites (tertiary alicyclic amines) is 1. The Hall–Kier alpha value is -4.14. The number of nitrogens with zero attached hydrogens (tertiary/aromatic N) is 4. The summed E-state index contributed by atoms with van der Waals surface area (Å²) in [5.74, 6) is -1.49. The van der Waals surface area contributed by atoms with Crippen molar-refractivity contribution in [2.24, 2.45) is 5.41 Å². The molecule has 3 aliphatic heterocycles. The van der Waals surface area contributed by atoms with Gasteiger partial charge in [-0.15, -0.1) is 0 Å². The second kappa shape index (κ2) is 14.4. The lowest BCUT2D eigenvalue weighted by molar-refractivity contribution is -0.198. The highest BCUT2D eigenvalue weighted by atomic mass is 35.5. The first-order valence-corrected chi connectivity index (χ1v) is 16.8. The lowest BCUT2D eigenvalue weighted by Crippen LogP contribution is -2.41. The highest BCUT2D eigenvalue weighted by Gasteiger charge is 2.46. The number of carbonyl (C=O) groups excluding carboxylic acids is 1. The third-order valence-corrected chi connectivity index (χ3v) is 9.93. The highest BCUT2D eigenvalue weighted by molar-refractivity contribution is 6.30. The van der Waals surface area contributed by atoms with Gasteiger partial charge in [0.15, 0.2) is 0 Å². The lowest BCUT2D eigenvalue weighted by atomic mass is 9.76. The summed E-state index contributed by atoms with van der Waals surface area (Å²) in [6.07, 6.45) is -3.18. The molecule has 2 aromatic carbocycles. The van der Waals surface area contributed by atoms with E-state index in [4.69, 9.17) is 22.1 Å². The molecule has 0 bridgehead atoms. The SMILES string of the molecule is Nc1nc(OC(c2ccc(Cl)cc2-c2cccc(C(=O)NCCN3CCCC3)c2)C(F)(F)F)cc(N2CCC3(CC2)CN[C@H](C(=O)O)C3)n1. The van der Waals surface area contributed by atoms with Crippen LogP contribution in [-0.2, 0) is 4.79 Å². The second-order valence-corrected chi connectivity index (χ2v) is 13.5. The summed E-state index contributed by atoms with van der Waals surface area (Å²) in [5, 5.41) is 15.6. The number of rotatable bonds is 10. The van der Waals surface area contributed by atoms with Crippen LogP contribution in [0.3, 0.4) is 0 Å². The predicted octanol–water partition coefficient (Wildman–Crippen LogP) is 4.92. The van der Waals surface area contributed by atoms with Crippen molar-refractivity contribution in [3.8, 4) is 17.0 Å². The number of halogens is 4. The zero-order valence-electron chi connectivity index (χ0n) is 26.8. The zero-order valence-corrected chi connectivity index (χ0v) is 27.6. The molecule has 1 spiro atoms. The third kappa shape index (κ3) is 8.19. The Balaban J connectivity index is 1.22. The van der Waals surface area contributed by atoms with E-state index >= 15 is 0 Å². The largest absolute Gasteiger partial charge is 0.480 e. The number of aromatic nitrogens is 2. The number of nitrogens with one attached hydrogen (secondary N) is 2. The monoisotopic (exact) mass is 701 g/mol. The molecule has 0 saturated carbocycles. The molecule has 6 rings (SSSR count). The van der Waals surface area contributed by atoms with Crippen LogP contribution in [0.5, 0.6) is 5.88 Å². The predicted molar refractivity (Wildman–Crippen MR) is 179 cm³/mol. The van der Waals surface area contributed by atoms with E-state index in [2.05, 4.69) is 25.5 Å². The van der Waals surface area contributed by atoms with Gasteiger partial charge in [-0.3, -0.25) is 9.59 Å². The minimum Gasteiger partial charge on any atom is -0.480 e. The molecule has 0 aliphatic carbocycles. The Labute approximate surface area is 287 Å². The number of alkyl halides is 3. The lowest BCUT2D eigenvalue weighted by Gasteiger charge is -2.39. The molecule has 1 unspecified atom stereocenters. The van der Waals surface area contributed by atoms with Crippen molar-refractivity contribution >= 4 is 35.2 Å². The van der Waals surface area contributed by atoms with Crippen LogP contribution < -0.4 is 26.0 Å². The van der Waals surface area contributed by atoms with Gasteiger partial charge in [0.1, 0.15) is 11.9 Å². The summed E-state index contributed by atoms with van der Waals surface area (Å²) < 4.78 is 50.1. The minimum atomic E-state index is -4.87. The van der Waals surface area contributed by atoms with E-state index in [0.717, 1.165) is 32.5 Å². The molecule has 262 valence electrons.